The summed E-state index contributed by atoms with van der Waals surface area (Å²) in [7, 11) is 1.64. The molecule has 0 radical (unpaired) electrons. The van der Waals surface area contributed by atoms with E-state index in [2.05, 4.69) is 20.6 Å². The van der Waals surface area contributed by atoms with Crippen molar-refractivity contribution in [2.75, 3.05) is 24.2 Å². The molecule has 21 heavy (non-hydrogen) atoms. The molecule has 0 saturated heterocycles. The average molecular weight is 289 g/mol. The van der Waals surface area contributed by atoms with E-state index in [-0.39, 0.29) is 17.3 Å². The first kappa shape index (κ1) is 14.5. The van der Waals surface area contributed by atoms with Crippen molar-refractivity contribution < 1.29 is 10.0 Å². The minimum absolute atomic E-state index is 0.167. The minimum Gasteiger partial charge on any atom is -0.508 e. The summed E-state index contributed by atoms with van der Waals surface area (Å²) in [5.41, 5.74) is 0.838. The maximum Gasteiger partial charge on any atom is 0.329 e. The van der Waals surface area contributed by atoms with E-state index in [0.717, 1.165) is 5.56 Å². The van der Waals surface area contributed by atoms with Gasteiger partial charge in [-0.25, -0.2) is 4.98 Å². The van der Waals surface area contributed by atoms with Gasteiger partial charge in [-0.15, -0.1) is 0 Å². The smallest absolute Gasteiger partial charge is 0.329 e. The Balaban J connectivity index is 2.04. The molecule has 0 bridgehead atoms. The molecule has 0 aliphatic heterocycles. The monoisotopic (exact) mass is 289 g/mol. The second-order valence-corrected chi connectivity index (χ2v) is 4.28. The lowest BCUT2D eigenvalue weighted by Crippen LogP contribution is -2.10. The number of phenols is 1. The number of anilines is 2. The summed E-state index contributed by atoms with van der Waals surface area (Å²) in [5, 5.41) is 25.8. The summed E-state index contributed by atoms with van der Waals surface area (Å²) in [5.74, 6) is 0.697. The minimum atomic E-state index is -0.525. The van der Waals surface area contributed by atoms with Gasteiger partial charge in [0.1, 0.15) is 11.9 Å². The Morgan fingerprint density at radius 3 is 2.67 bits per heavy atom. The van der Waals surface area contributed by atoms with Crippen LogP contribution in [-0.4, -0.2) is 33.6 Å². The molecule has 1 aromatic carbocycles. The van der Waals surface area contributed by atoms with Gasteiger partial charge in [-0.1, -0.05) is 12.1 Å². The van der Waals surface area contributed by atoms with Crippen LogP contribution in [0.15, 0.2) is 30.5 Å². The molecule has 3 N–H and O–H groups in total. The molecule has 0 spiro atoms. The largest absolute Gasteiger partial charge is 0.508 e. The van der Waals surface area contributed by atoms with Gasteiger partial charge in [0.15, 0.2) is 0 Å². The van der Waals surface area contributed by atoms with Crippen LogP contribution >= 0.6 is 0 Å². The number of nitrogens with one attached hydrogen (secondary N) is 2. The molecule has 0 aliphatic carbocycles. The molecule has 0 saturated carbocycles. The van der Waals surface area contributed by atoms with Gasteiger partial charge in [0.05, 0.1) is 4.92 Å². The molecule has 0 aliphatic rings. The van der Waals surface area contributed by atoms with Crippen LogP contribution in [-0.2, 0) is 6.42 Å². The predicted molar refractivity (Wildman–Crippen MR) is 78.5 cm³/mol. The number of hydrogen-bond donors (Lipinski definition) is 3. The average Bonchev–Trinajstić information content (AvgIpc) is 2.49. The van der Waals surface area contributed by atoms with Crippen LogP contribution < -0.4 is 10.6 Å². The molecule has 1 aromatic heterocycles. The molecule has 2 rings (SSSR count). The fraction of sp³-hybridized carbons (Fsp3) is 0.231. The zero-order chi connectivity index (χ0) is 15.2. The van der Waals surface area contributed by atoms with E-state index >= 15 is 0 Å². The normalized spacial score (nSPS) is 10.1. The van der Waals surface area contributed by atoms with Gasteiger partial charge in [0, 0.05) is 13.6 Å². The van der Waals surface area contributed by atoms with E-state index in [4.69, 9.17) is 0 Å². The molecule has 0 amide bonds. The van der Waals surface area contributed by atoms with Crippen molar-refractivity contribution in [3.05, 3.63) is 46.1 Å². The fourth-order valence-electron chi connectivity index (χ4n) is 1.75. The molecule has 8 nitrogen and oxygen atoms in total. The van der Waals surface area contributed by atoms with E-state index in [1.54, 1.807) is 31.3 Å². The molecule has 110 valence electrons. The van der Waals surface area contributed by atoms with Crippen LogP contribution in [0.5, 0.6) is 5.75 Å². The fourth-order valence-corrected chi connectivity index (χ4v) is 1.75. The van der Waals surface area contributed by atoms with Crippen molar-refractivity contribution in [2.24, 2.45) is 0 Å². The highest BCUT2D eigenvalue weighted by atomic mass is 16.6. The lowest BCUT2D eigenvalue weighted by molar-refractivity contribution is -0.384. The van der Waals surface area contributed by atoms with Crippen molar-refractivity contribution in [1.82, 2.24) is 9.97 Å². The van der Waals surface area contributed by atoms with E-state index < -0.39 is 4.92 Å². The zero-order valence-electron chi connectivity index (χ0n) is 11.4. The molecule has 0 atom stereocenters. The van der Waals surface area contributed by atoms with Crippen molar-refractivity contribution in [2.45, 2.75) is 6.42 Å². The summed E-state index contributed by atoms with van der Waals surface area (Å²) in [6, 6.07) is 6.79. The molecular formula is C13H15N5O3. The highest BCUT2D eigenvalue weighted by Crippen LogP contribution is 2.21. The van der Waals surface area contributed by atoms with Crippen molar-refractivity contribution in [3.8, 4) is 5.75 Å². The van der Waals surface area contributed by atoms with Gasteiger partial charge in [-0.3, -0.25) is 10.1 Å². The third-order valence-corrected chi connectivity index (χ3v) is 2.83. The number of hydrogen-bond acceptors (Lipinski definition) is 7. The molecular weight excluding hydrogens is 274 g/mol. The number of phenolic OH excluding ortho intramolecular Hbond substituents is 1. The Bertz CT molecular complexity index is 630. The standard InChI is InChI=1S/C13H15N5O3/c1-14-13-16-8-11(18(20)21)12(17-13)15-7-6-9-2-4-10(19)5-3-9/h2-5,8,19H,6-7H2,1H3,(H2,14,15,16,17). The topological polar surface area (TPSA) is 113 Å². The number of aromatic hydroxyl groups is 1. The lowest BCUT2D eigenvalue weighted by Gasteiger charge is -2.07. The number of benzene rings is 1. The van der Waals surface area contributed by atoms with Gasteiger partial charge in [0.25, 0.3) is 0 Å². The molecule has 0 fully saturated rings. The van der Waals surface area contributed by atoms with Crippen LogP contribution in [0.3, 0.4) is 0 Å². The van der Waals surface area contributed by atoms with Crippen LogP contribution in [0.25, 0.3) is 0 Å². The maximum atomic E-state index is 10.9. The van der Waals surface area contributed by atoms with Crippen LogP contribution in [0.4, 0.5) is 17.5 Å². The Morgan fingerprint density at radius 2 is 2.05 bits per heavy atom. The Kier molecular flexibility index (Phi) is 4.50. The SMILES string of the molecule is CNc1ncc([N+](=O)[O-])c(NCCc2ccc(O)cc2)n1. The predicted octanol–water partition coefficient (Wildman–Crippen LogP) is 1.79. The zero-order valence-corrected chi connectivity index (χ0v) is 11.4. The summed E-state index contributed by atoms with van der Waals surface area (Å²) in [6.07, 6.45) is 1.82. The van der Waals surface area contributed by atoms with Crippen molar-refractivity contribution in [3.63, 3.8) is 0 Å². The highest BCUT2D eigenvalue weighted by molar-refractivity contribution is 5.56. The quantitative estimate of drug-likeness (QED) is 0.548. The molecule has 8 heteroatoms. The summed E-state index contributed by atoms with van der Waals surface area (Å²) >= 11 is 0. The third-order valence-electron chi connectivity index (χ3n) is 2.83. The first-order valence-corrected chi connectivity index (χ1v) is 6.31. The van der Waals surface area contributed by atoms with Crippen molar-refractivity contribution in [1.29, 1.82) is 0 Å². The second-order valence-electron chi connectivity index (χ2n) is 4.28. The van der Waals surface area contributed by atoms with E-state index in [1.165, 1.54) is 6.20 Å². The van der Waals surface area contributed by atoms with Gasteiger partial charge >= 0.3 is 5.69 Å². The maximum absolute atomic E-state index is 10.9. The summed E-state index contributed by atoms with van der Waals surface area (Å²) in [4.78, 5) is 18.3. The Labute approximate surface area is 121 Å². The molecule has 0 unspecified atom stereocenters. The number of nitrogens with zero attached hydrogens (tertiary/aromatic N) is 3. The summed E-state index contributed by atoms with van der Waals surface area (Å²) in [6.45, 7) is 0.478. The Morgan fingerprint density at radius 1 is 1.33 bits per heavy atom. The van der Waals surface area contributed by atoms with E-state index in [1.807, 2.05) is 0 Å². The van der Waals surface area contributed by atoms with Gasteiger partial charge in [-0.2, -0.15) is 4.98 Å². The lowest BCUT2D eigenvalue weighted by atomic mass is 10.1. The van der Waals surface area contributed by atoms with Crippen LogP contribution in [0, 0.1) is 10.1 Å². The second kappa shape index (κ2) is 6.51. The summed E-state index contributed by atoms with van der Waals surface area (Å²) < 4.78 is 0. The first-order chi connectivity index (χ1) is 10.1. The first-order valence-electron chi connectivity index (χ1n) is 6.31. The van der Waals surface area contributed by atoms with E-state index in [9.17, 15) is 15.2 Å². The Hall–Kier alpha value is -2.90. The molecule has 1 heterocycles. The third kappa shape index (κ3) is 3.78. The van der Waals surface area contributed by atoms with Crippen molar-refractivity contribution >= 4 is 17.5 Å². The molecule has 2 aromatic rings. The van der Waals surface area contributed by atoms with Gasteiger partial charge < -0.3 is 15.7 Å². The number of aromatic nitrogens is 2. The van der Waals surface area contributed by atoms with Gasteiger partial charge in [0.2, 0.25) is 11.8 Å². The van der Waals surface area contributed by atoms with Crippen LogP contribution in [0.2, 0.25) is 0 Å². The number of nitro groups is 1. The van der Waals surface area contributed by atoms with Gasteiger partial charge in [-0.05, 0) is 24.1 Å². The highest BCUT2D eigenvalue weighted by Gasteiger charge is 2.16. The van der Waals surface area contributed by atoms with Crippen LogP contribution in [0.1, 0.15) is 5.56 Å². The number of rotatable bonds is 6. The van der Waals surface area contributed by atoms with E-state index in [0.29, 0.717) is 18.9 Å².